The Morgan fingerprint density at radius 1 is 0.833 bits per heavy atom. The summed E-state index contributed by atoms with van der Waals surface area (Å²) in [5.74, 6) is -12.2. The lowest BCUT2D eigenvalue weighted by Gasteiger charge is -2.36. The van der Waals surface area contributed by atoms with E-state index in [2.05, 4.69) is 20.8 Å². The average molecular weight is 684 g/mol. The topological polar surface area (TPSA) is 111 Å². The van der Waals surface area contributed by atoms with Crippen molar-refractivity contribution in [3.8, 4) is 5.69 Å². The molecule has 1 fully saturated rings. The number of nitrogens with zero attached hydrogens (tertiary/aromatic N) is 4. The second-order valence-electron chi connectivity index (χ2n) is 10.7. The number of rotatable bonds is 10. The van der Waals surface area contributed by atoms with Crippen LogP contribution < -0.4 is 5.32 Å². The number of aliphatic hydroxyl groups excluding tert-OH is 1. The molecule has 1 aliphatic heterocycles. The van der Waals surface area contributed by atoms with Crippen LogP contribution in [0.1, 0.15) is 51.4 Å². The van der Waals surface area contributed by atoms with Crippen LogP contribution in [0.2, 0.25) is 0 Å². The van der Waals surface area contributed by atoms with Crippen LogP contribution in [0.4, 0.5) is 22.0 Å². The predicted octanol–water partition coefficient (Wildman–Crippen LogP) is 6.12. The Kier molecular flexibility index (Phi) is 10.1. The third-order valence-electron chi connectivity index (χ3n) is 7.60. The van der Waals surface area contributed by atoms with Crippen molar-refractivity contribution < 1.29 is 41.3 Å². The van der Waals surface area contributed by atoms with Gasteiger partial charge >= 0.3 is 0 Å². The molecule has 2 heterocycles. The zero-order valence-electron chi connectivity index (χ0n) is 24.8. The third-order valence-corrected chi connectivity index (χ3v) is 8.65. The SMILES string of the molecule is O=C(NCc1ccc([C@H]2O[C@@H](CSc3nnnn3-c3ccccc3)C[C@@H](c3ccc(CO)cc3)O2)cc1)c1c(F)c(F)c(F)c(F)c1F. The van der Waals surface area contributed by atoms with E-state index in [-0.39, 0.29) is 25.4 Å². The van der Waals surface area contributed by atoms with Crippen molar-refractivity contribution in [2.45, 2.75) is 43.2 Å². The lowest BCUT2D eigenvalue weighted by atomic mass is 10.0. The van der Waals surface area contributed by atoms with E-state index in [0.29, 0.717) is 28.5 Å². The van der Waals surface area contributed by atoms with Crippen LogP contribution >= 0.6 is 11.8 Å². The largest absolute Gasteiger partial charge is 0.392 e. The molecule has 15 heteroatoms. The molecule has 4 aromatic carbocycles. The quantitative estimate of drug-likeness (QED) is 0.0785. The molecule has 9 nitrogen and oxygen atoms in total. The van der Waals surface area contributed by atoms with Gasteiger partial charge in [0.25, 0.3) is 5.91 Å². The van der Waals surface area contributed by atoms with Gasteiger partial charge in [-0.15, -0.1) is 5.10 Å². The molecule has 1 amide bonds. The third kappa shape index (κ3) is 7.08. The second kappa shape index (κ2) is 14.6. The smallest absolute Gasteiger partial charge is 0.257 e. The number of carbonyl (C=O) groups is 1. The standard InChI is InChI=1S/C33H26F5N5O4S/c34-26-25(27(35)29(37)30(38)28(26)36)31(45)39-15-18-6-12-21(13-7-18)32-46-23(14-24(47-32)20-10-8-19(16-44)9-11-20)17-48-33-40-41-42-43(33)22-4-2-1-3-5-22/h1-13,23-24,32,44H,14-17H2,(H,39,45)/t23-,24+,32+/m1/s1. The molecule has 5 aromatic rings. The highest BCUT2D eigenvalue weighted by atomic mass is 32.2. The highest BCUT2D eigenvalue weighted by molar-refractivity contribution is 7.99. The van der Waals surface area contributed by atoms with Crippen molar-refractivity contribution >= 4 is 17.7 Å². The number of benzene rings is 4. The van der Waals surface area contributed by atoms with Gasteiger partial charge < -0.3 is 19.9 Å². The van der Waals surface area contributed by atoms with Crippen molar-refractivity contribution in [3.63, 3.8) is 0 Å². The van der Waals surface area contributed by atoms with Crippen molar-refractivity contribution in [2.75, 3.05) is 5.75 Å². The first-order chi connectivity index (χ1) is 23.2. The van der Waals surface area contributed by atoms with Gasteiger partial charge in [0.15, 0.2) is 29.6 Å². The zero-order chi connectivity index (χ0) is 33.8. The Balaban J connectivity index is 1.16. The molecule has 1 saturated heterocycles. The van der Waals surface area contributed by atoms with Crippen LogP contribution in [0, 0.1) is 29.1 Å². The molecule has 0 radical (unpaired) electrons. The molecule has 0 unspecified atom stereocenters. The van der Waals surface area contributed by atoms with Gasteiger partial charge in [0, 0.05) is 24.3 Å². The van der Waals surface area contributed by atoms with E-state index in [1.54, 1.807) is 28.9 Å². The van der Waals surface area contributed by atoms with Crippen LogP contribution in [0.25, 0.3) is 5.69 Å². The minimum absolute atomic E-state index is 0.0959. The van der Waals surface area contributed by atoms with E-state index in [1.165, 1.54) is 11.8 Å². The number of thioether (sulfide) groups is 1. The number of ether oxygens (including phenoxy) is 2. The van der Waals surface area contributed by atoms with Gasteiger partial charge in [-0.3, -0.25) is 4.79 Å². The molecule has 0 bridgehead atoms. The van der Waals surface area contributed by atoms with Gasteiger partial charge in [-0.05, 0) is 39.2 Å². The van der Waals surface area contributed by atoms with Crippen LogP contribution in [-0.2, 0) is 22.6 Å². The molecule has 0 aliphatic carbocycles. The maximum Gasteiger partial charge on any atom is 0.257 e. The van der Waals surface area contributed by atoms with E-state index >= 15 is 0 Å². The van der Waals surface area contributed by atoms with Crippen LogP contribution in [0.3, 0.4) is 0 Å². The molecule has 0 spiro atoms. The number of hydrogen-bond acceptors (Lipinski definition) is 8. The number of carbonyl (C=O) groups excluding carboxylic acids is 1. The number of aromatic nitrogens is 4. The molecular weight excluding hydrogens is 657 g/mol. The number of halogens is 5. The number of amides is 1. The summed E-state index contributed by atoms with van der Waals surface area (Å²) in [5, 5.41) is 24.3. The monoisotopic (exact) mass is 683 g/mol. The summed E-state index contributed by atoms with van der Waals surface area (Å²) in [7, 11) is 0. The van der Waals surface area contributed by atoms with Gasteiger partial charge in [0.2, 0.25) is 11.0 Å². The van der Waals surface area contributed by atoms with E-state index in [0.717, 1.165) is 16.8 Å². The molecule has 2 N–H and O–H groups in total. The minimum atomic E-state index is -2.35. The van der Waals surface area contributed by atoms with Gasteiger partial charge in [-0.25, -0.2) is 22.0 Å². The molecular formula is C33H26F5N5O4S. The van der Waals surface area contributed by atoms with Crippen LogP contribution in [0.15, 0.2) is 84.0 Å². The molecule has 3 atom stereocenters. The fourth-order valence-electron chi connectivity index (χ4n) is 5.06. The Morgan fingerprint density at radius 3 is 2.12 bits per heavy atom. The summed E-state index contributed by atoms with van der Waals surface area (Å²) in [6, 6.07) is 23.4. The Morgan fingerprint density at radius 2 is 1.46 bits per heavy atom. The number of hydrogen-bond donors (Lipinski definition) is 2. The normalized spacial score (nSPS) is 17.8. The molecule has 1 aromatic heterocycles. The van der Waals surface area contributed by atoms with E-state index in [9.17, 15) is 31.9 Å². The first-order valence-electron chi connectivity index (χ1n) is 14.6. The maximum atomic E-state index is 14.1. The fourth-order valence-corrected chi connectivity index (χ4v) is 5.97. The van der Waals surface area contributed by atoms with Crippen LogP contribution in [0.5, 0.6) is 0 Å². The summed E-state index contributed by atoms with van der Waals surface area (Å²) in [5.41, 5.74) is 1.99. The Labute approximate surface area is 274 Å². The summed E-state index contributed by atoms with van der Waals surface area (Å²) < 4.78 is 83.0. The molecule has 1 aliphatic rings. The van der Waals surface area contributed by atoms with Gasteiger partial charge in [0.05, 0.1) is 24.5 Å². The number of aliphatic hydroxyl groups is 1. The second-order valence-corrected chi connectivity index (χ2v) is 11.7. The minimum Gasteiger partial charge on any atom is -0.392 e. The highest BCUT2D eigenvalue weighted by Crippen LogP contribution is 2.39. The van der Waals surface area contributed by atoms with Crippen LogP contribution in [-0.4, -0.2) is 43.1 Å². The molecule has 6 rings (SSSR count). The molecule has 0 saturated carbocycles. The van der Waals surface area contributed by atoms with E-state index < -0.39 is 46.8 Å². The van der Waals surface area contributed by atoms with Gasteiger partial charge in [-0.1, -0.05) is 78.5 Å². The van der Waals surface area contributed by atoms with E-state index in [1.807, 2.05) is 54.6 Å². The Bertz CT molecular complexity index is 1870. The number of tetrazole rings is 1. The van der Waals surface area contributed by atoms with E-state index in [4.69, 9.17) is 9.47 Å². The highest BCUT2D eigenvalue weighted by Gasteiger charge is 2.33. The lowest BCUT2D eigenvalue weighted by Crippen LogP contribution is -2.31. The van der Waals surface area contributed by atoms with Gasteiger partial charge in [0.1, 0.15) is 5.56 Å². The average Bonchev–Trinajstić information content (AvgIpc) is 3.61. The molecule has 248 valence electrons. The van der Waals surface area contributed by atoms with Gasteiger partial charge in [-0.2, -0.15) is 4.68 Å². The predicted molar refractivity (Wildman–Crippen MR) is 162 cm³/mol. The van der Waals surface area contributed by atoms with Crippen molar-refractivity contribution in [1.29, 1.82) is 0 Å². The zero-order valence-corrected chi connectivity index (χ0v) is 25.6. The molecule has 48 heavy (non-hydrogen) atoms. The first kappa shape index (κ1) is 33.2. The number of nitrogens with one attached hydrogen (secondary N) is 1. The summed E-state index contributed by atoms with van der Waals surface area (Å²) >= 11 is 1.42. The van der Waals surface area contributed by atoms with Crippen molar-refractivity contribution in [3.05, 3.63) is 136 Å². The maximum absolute atomic E-state index is 14.1. The van der Waals surface area contributed by atoms with Crippen molar-refractivity contribution in [2.24, 2.45) is 0 Å². The van der Waals surface area contributed by atoms with Crippen molar-refractivity contribution in [1.82, 2.24) is 25.5 Å². The lowest BCUT2D eigenvalue weighted by molar-refractivity contribution is -0.245. The summed E-state index contributed by atoms with van der Waals surface area (Å²) in [6.45, 7) is -0.360. The Hall–Kier alpha value is -4.70. The first-order valence-corrected chi connectivity index (χ1v) is 15.6. The summed E-state index contributed by atoms with van der Waals surface area (Å²) in [6.07, 6.45) is -0.977. The summed E-state index contributed by atoms with van der Waals surface area (Å²) in [4.78, 5) is 12.4. The fraction of sp³-hybridized carbons (Fsp3) is 0.212. The number of para-hydroxylation sites is 1.